The molecular formula is C14H10Cl2O4. The molecule has 0 aliphatic carbocycles. The molecule has 0 bridgehead atoms. The molecule has 0 amide bonds. The van der Waals surface area contributed by atoms with Crippen LogP contribution in [0.5, 0.6) is 17.2 Å². The van der Waals surface area contributed by atoms with Gasteiger partial charge in [-0.15, -0.1) is 0 Å². The van der Waals surface area contributed by atoms with Crippen LogP contribution >= 0.6 is 23.2 Å². The minimum atomic E-state index is -1.11. The molecule has 20 heavy (non-hydrogen) atoms. The van der Waals surface area contributed by atoms with Crippen molar-refractivity contribution >= 4 is 29.2 Å². The number of carboxylic acid groups (broad SMARTS) is 1. The summed E-state index contributed by atoms with van der Waals surface area (Å²) in [5.74, 6) is -0.236. The van der Waals surface area contributed by atoms with Crippen molar-refractivity contribution in [2.75, 3.05) is 7.11 Å². The lowest BCUT2D eigenvalue weighted by molar-refractivity contribution is 0.0694. The van der Waals surface area contributed by atoms with Crippen LogP contribution in [0.4, 0.5) is 0 Å². The number of hydrogen-bond acceptors (Lipinski definition) is 3. The molecule has 6 heteroatoms. The zero-order chi connectivity index (χ0) is 14.7. The van der Waals surface area contributed by atoms with Gasteiger partial charge in [-0.1, -0.05) is 23.2 Å². The molecule has 0 saturated carbocycles. The summed E-state index contributed by atoms with van der Waals surface area (Å²) < 4.78 is 10.6. The van der Waals surface area contributed by atoms with E-state index in [1.165, 1.54) is 31.4 Å². The van der Waals surface area contributed by atoms with Gasteiger partial charge in [0.2, 0.25) is 0 Å². The molecule has 0 spiro atoms. The molecule has 2 aromatic rings. The summed E-state index contributed by atoms with van der Waals surface area (Å²) in [7, 11) is 1.48. The highest BCUT2D eigenvalue weighted by molar-refractivity contribution is 6.34. The van der Waals surface area contributed by atoms with Gasteiger partial charge in [-0.25, -0.2) is 4.79 Å². The Balaban J connectivity index is 2.45. The molecule has 104 valence electrons. The Morgan fingerprint density at radius 1 is 1.10 bits per heavy atom. The van der Waals surface area contributed by atoms with Crippen molar-refractivity contribution < 1.29 is 19.4 Å². The van der Waals surface area contributed by atoms with Crippen LogP contribution in [0.3, 0.4) is 0 Å². The van der Waals surface area contributed by atoms with Crippen molar-refractivity contribution in [3.63, 3.8) is 0 Å². The molecule has 0 aliphatic heterocycles. The maximum Gasteiger partial charge on any atom is 0.339 e. The molecule has 0 radical (unpaired) electrons. The summed E-state index contributed by atoms with van der Waals surface area (Å²) in [6.07, 6.45) is 0. The van der Waals surface area contributed by atoms with Crippen molar-refractivity contribution in [3.05, 3.63) is 52.0 Å². The summed E-state index contributed by atoms with van der Waals surface area (Å²) in [6, 6.07) is 9.10. The van der Waals surface area contributed by atoms with Crippen LogP contribution in [0.15, 0.2) is 36.4 Å². The van der Waals surface area contributed by atoms with Crippen LogP contribution in [0, 0.1) is 0 Å². The van der Waals surface area contributed by atoms with E-state index in [2.05, 4.69) is 0 Å². The largest absolute Gasteiger partial charge is 0.497 e. The second-order valence-corrected chi connectivity index (χ2v) is 4.69. The maximum absolute atomic E-state index is 11.2. The predicted molar refractivity (Wildman–Crippen MR) is 76.5 cm³/mol. The van der Waals surface area contributed by atoms with Gasteiger partial charge < -0.3 is 14.6 Å². The maximum atomic E-state index is 11.2. The highest BCUT2D eigenvalue weighted by atomic mass is 35.5. The summed E-state index contributed by atoms with van der Waals surface area (Å²) >= 11 is 11.9. The lowest BCUT2D eigenvalue weighted by Crippen LogP contribution is -2.00. The average molecular weight is 313 g/mol. The van der Waals surface area contributed by atoms with E-state index in [0.717, 1.165) is 0 Å². The van der Waals surface area contributed by atoms with Crippen molar-refractivity contribution in [2.45, 2.75) is 0 Å². The second-order valence-electron chi connectivity index (χ2n) is 3.84. The molecule has 0 fully saturated rings. The third kappa shape index (κ3) is 3.15. The van der Waals surface area contributed by atoms with Gasteiger partial charge in [-0.3, -0.25) is 0 Å². The number of hydrogen-bond donors (Lipinski definition) is 1. The molecule has 2 aromatic carbocycles. The van der Waals surface area contributed by atoms with Crippen LogP contribution in [0.2, 0.25) is 10.0 Å². The van der Waals surface area contributed by atoms with Crippen LogP contribution in [-0.2, 0) is 0 Å². The van der Waals surface area contributed by atoms with Crippen molar-refractivity contribution in [3.8, 4) is 17.2 Å². The first-order chi connectivity index (χ1) is 9.51. The predicted octanol–water partition coefficient (Wildman–Crippen LogP) is 4.49. The zero-order valence-electron chi connectivity index (χ0n) is 10.4. The van der Waals surface area contributed by atoms with E-state index in [0.29, 0.717) is 15.8 Å². The quantitative estimate of drug-likeness (QED) is 0.903. The Hall–Kier alpha value is -1.91. The fourth-order valence-corrected chi connectivity index (χ4v) is 1.88. The molecule has 0 heterocycles. The number of halogens is 2. The Morgan fingerprint density at radius 3 is 2.50 bits per heavy atom. The van der Waals surface area contributed by atoms with E-state index in [9.17, 15) is 4.79 Å². The first kappa shape index (κ1) is 14.5. The number of rotatable bonds is 4. The van der Waals surface area contributed by atoms with E-state index in [4.69, 9.17) is 37.8 Å². The third-order valence-corrected chi connectivity index (χ3v) is 3.08. The number of carbonyl (C=O) groups is 1. The van der Waals surface area contributed by atoms with Crippen LogP contribution in [-0.4, -0.2) is 18.2 Å². The van der Waals surface area contributed by atoms with Crippen molar-refractivity contribution in [1.82, 2.24) is 0 Å². The molecular weight excluding hydrogens is 303 g/mol. The van der Waals surface area contributed by atoms with Gasteiger partial charge >= 0.3 is 5.97 Å². The molecule has 0 saturated heterocycles. The van der Waals surface area contributed by atoms with Crippen LogP contribution in [0.25, 0.3) is 0 Å². The standard InChI is InChI=1S/C14H10Cl2O4/c1-19-9-3-4-10(14(17)18)12(7-9)20-13-6-8(15)2-5-11(13)16/h2-7H,1H3,(H,17,18). The second kappa shape index (κ2) is 6.03. The molecule has 2 rings (SSSR count). The number of methoxy groups -OCH3 is 1. The van der Waals surface area contributed by atoms with Gasteiger partial charge in [0.05, 0.1) is 12.1 Å². The van der Waals surface area contributed by atoms with E-state index in [1.807, 2.05) is 0 Å². The summed E-state index contributed by atoms with van der Waals surface area (Å²) in [5.41, 5.74) is 0.00171. The lowest BCUT2D eigenvalue weighted by Gasteiger charge is -2.11. The van der Waals surface area contributed by atoms with E-state index in [-0.39, 0.29) is 17.1 Å². The monoisotopic (exact) mass is 312 g/mol. The van der Waals surface area contributed by atoms with E-state index >= 15 is 0 Å². The molecule has 1 N–H and O–H groups in total. The fourth-order valence-electron chi connectivity index (χ4n) is 1.56. The summed E-state index contributed by atoms with van der Waals surface area (Å²) in [6.45, 7) is 0. The zero-order valence-corrected chi connectivity index (χ0v) is 11.9. The van der Waals surface area contributed by atoms with Gasteiger partial charge in [0, 0.05) is 17.2 Å². The highest BCUT2D eigenvalue weighted by Crippen LogP contribution is 2.35. The van der Waals surface area contributed by atoms with Gasteiger partial charge in [0.1, 0.15) is 22.8 Å². The molecule has 0 atom stereocenters. The minimum Gasteiger partial charge on any atom is -0.497 e. The molecule has 0 unspecified atom stereocenters. The van der Waals surface area contributed by atoms with Crippen molar-refractivity contribution in [2.24, 2.45) is 0 Å². The third-order valence-electron chi connectivity index (χ3n) is 2.53. The Kier molecular flexibility index (Phi) is 4.37. The normalized spacial score (nSPS) is 10.2. The van der Waals surface area contributed by atoms with Gasteiger partial charge in [-0.05, 0) is 24.3 Å². The Labute approximate surface area is 125 Å². The van der Waals surface area contributed by atoms with E-state index < -0.39 is 5.97 Å². The van der Waals surface area contributed by atoms with Gasteiger partial charge in [-0.2, -0.15) is 0 Å². The van der Waals surface area contributed by atoms with Crippen LogP contribution in [0.1, 0.15) is 10.4 Å². The highest BCUT2D eigenvalue weighted by Gasteiger charge is 2.15. The Morgan fingerprint density at radius 2 is 1.85 bits per heavy atom. The number of carboxylic acids is 1. The number of benzene rings is 2. The van der Waals surface area contributed by atoms with E-state index in [1.54, 1.807) is 12.1 Å². The smallest absolute Gasteiger partial charge is 0.339 e. The fraction of sp³-hybridized carbons (Fsp3) is 0.0714. The topological polar surface area (TPSA) is 55.8 Å². The summed E-state index contributed by atoms with van der Waals surface area (Å²) in [4.78, 5) is 11.2. The molecule has 0 aliphatic rings. The SMILES string of the molecule is COc1ccc(C(=O)O)c(Oc2cc(Cl)ccc2Cl)c1. The van der Waals surface area contributed by atoms with Gasteiger partial charge in [0.25, 0.3) is 0 Å². The average Bonchev–Trinajstić information content (AvgIpc) is 2.42. The minimum absolute atomic E-state index is 0.00171. The molecule has 0 aromatic heterocycles. The van der Waals surface area contributed by atoms with Gasteiger partial charge in [0.15, 0.2) is 0 Å². The summed E-state index contributed by atoms with van der Waals surface area (Å²) in [5, 5.41) is 9.91. The van der Waals surface area contributed by atoms with Crippen LogP contribution < -0.4 is 9.47 Å². The lowest BCUT2D eigenvalue weighted by atomic mass is 10.2. The Bertz CT molecular complexity index is 656. The number of ether oxygens (including phenoxy) is 2. The molecule has 4 nitrogen and oxygen atoms in total. The first-order valence-electron chi connectivity index (χ1n) is 5.55. The van der Waals surface area contributed by atoms with Crippen molar-refractivity contribution in [1.29, 1.82) is 0 Å². The first-order valence-corrected chi connectivity index (χ1v) is 6.31. The number of aromatic carboxylic acids is 1.